The number of rotatable bonds is 5. The van der Waals surface area contributed by atoms with Gasteiger partial charge in [0, 0.05) is 12.7 Å². The summed E-state index contributed by atoms with van der Waals surface area (Å²) in [6, 6.07) is 5.63. The van der Waals surface area contributed by atoms with Crippen LogP contribution in [0, 0.1) is 6.92 Å². The quantitative estimate of drug-likeness (QED) is 0.863. The molecule has 1 aliphatic rings. The first kappa shape index (κ1) is 15.5. The first-order valence-electron chi connectivity index (χ1n) is 8.18. The zero-order valence-corrected chi connectivity index (χ0v) is 13.5. The summed E-state index contributed by atoms with van der Waals surface area (Å²) in [6.45, 7) is 2.57. The molecule has 2 aromatic rings. The molecule has 0 radical (unpaired) electrons. The van der Waals surface area contributed by atoms with Gasteiger partial charge >= 0.3 is 0 Å². The Labute approximate surface area is 136 Å². The Kier molecular flexibility index (Phi) is 4.86. The Morgan fingerprint density at radius 1 is 1.35 bits per heavy atom. The highest BCUT2D eigenvalue weighted by Crippen LogP contribution is 2.19. The first-order valence-corrected chi connectivity index (χ1v) is 8.18. The summed E-state index contributed by atoms with van der Waals surface area (Å²) in [5.74, 6) is 0.650. The third-order valence-corrected chi connectivity index (χ3v) is 4.24. The number of allylic oxidation sites excluding steroid dienone is 1. The number of pyridine rings is 1. The highest BCUT2D eigenvalue weighted by molar-refractivity contribution is 5.95. The topological polar surface area (TPSA) is 59.8 Å². The summed E-state index contributed by atoms with van der Waals surface area (Å²) >= 11 is 0. The minimum Gasteiger partial charge on any atom is -0.352 e. The van der Waals surface area contributed by atoms with E-state index in [1.807, 2.05) is 25.1 Å². The molecule has 0 fully saturated rings. The SMILES string of the molecule is Cc1c(C(=O)NCCC2=CCCCC2)cnn1-c1ccccn1. The number of amides is 1. The van der Waals surface area contributed by atoms with Gasteiger partial charge in [-0.15, -0.1) is 0 Å². The number of nitrogens with zero attached hydrogens (tertiary/aromatic N) is 3. The molecule has 1 amide bonds. The molecule has 1 aliphatic carbocycles. The van der Waals surface area contributed by atoms with Gasteiger partial charge in [-0.3, -0.25) is 4.79 Å². The van der Waals surface area contributed by atoms with Gasteiger partial charge in [-0.05, 0) is 51.2 Å². The maximum absolute atomic E-state index is 12.3. The molecule has 5 heteroatoms. The van der Waals surface area contributed by atoms with Gasteiger partial charge in [0.1, 0.15) is 0 Å². The molecule has 0 bridgehead atoms. The van der Waals surface area contributed by atoms with E-state index in [1.165, 1.54) is 31.3 Å². The highest BCUT2D eigenvalue weighted by atomic mass is 16.1. The van der Waals surface area contributed by atoms with Crippen LogP contribution in [0.1, 0.15) is 48.2 Å². The summed E-state index contributed by atoms with van der Waals surface area (Å²) in [5, 5.41) is 7.29. The molecule has 0 aromatic carbocycles. The smallest absolute Gasteiger partial charge is 0.254 e. The van der Waals surface area contributed by atoms with E-state index < -0.39 is 0 Å². The van der Waals surface area contributed by atoms with Crippen LogP contribution in [0.3, 0.4) is 0 Å². The van der Waals surface area contributed by atoms with Crippen molar-refractivity contribution in [2.75, 3.05) is 6.54 Å². The summed E-state index contributed by atoms with van der Waals surface area (Å²) in [7, 11) is 0. The molecular formula is C18H22N4O. The minimum absolute atomic E-state index is 0.0684. The largest absolute Gasteiger partial charge is 0.352 e. The zero-order chi connectivity index (χ0) is 16.1. The van der Waals surface area contributed by atoms with E-state index >= 15 is 0 Å². The summed E-state index contributed by atoms with van der Waals surface area (Å²) in [6.07, 6.45) is 11.5. The molecule has 0 aliphatic heterocycles. The lowest BCUT2D eigenvalue weighted by molar-refractivity contribution is 0.0953. The van der Waals surface area contributed by atoms with E-state index in [0.717, 1.165) is 17.9 Å². The highest BCUT2D eigenvalue weighted by Gasteiger charge is 2.15. The average Bonchev–Trinajstić information content (AvgIpc) is 2.98. The number of aromatic nitrogens is 3. The van der Waals surface area contributed by atoms with Crippen molar-refractivity contribution < 1.29 is 4.79 Å². The maximum atomic E-state index is 12.3. The first-order chi connectivity index (χ1) is 11.3. The van der Waals surface area contributed by atoms with Crippen LogP contribution in [0.25, 0.3) is 5.82 Å². The fourth-order valence-corrected chi connectivity index (χ4v) is 2.91. The second-order valence-corrected chi connectivity index (χ2v) is 5.86. The van der Waals surface area contributed by atoms with E-state index in [0.29, 0.717) is 12.1 Å². The Morgan fingerprint density at radius 2 is 2.26 bits per heavy atom. The summed E-state index contributed by atoms with van der Waals surface area (Å²) in [4.78, 5) is 16.6. The molecule has 2 aromatic heterocycles. The standard InChI is InChI=1S/C18H22N4O/c1-14-16(13-21-22(14)17-9-5-6-11-19-17)18(23)20-12-10-15-7-3-2-4-8-15/h5-7,9,11,13H,2-4,8,10,12H2,1H3,(H,20,23). The zero-order valence-electron chi connectivity index (χ0n) is 13.5. The fraction of sp³-hybridized carbons (Fsp3) is 0.389. The van der Waals surface area contributed by atoms with Crippen molar-refractivity contribution in [3.8, 4) is 5.82 Å². The molecule has 0 saturated carbocycles. The molecule has 1 N–H and O–H groups in total. The number of hydrogen-bond acceptors (Lipinski definition) is 3. The van der Waals surface area contributed by atoms with Gasteiger partial charge in [-0.1, -0.05) is 17.7 Å². The molecule has 120 valence electrons. The van der Waals surface area contributed by atoms with E-state index in [4.69, 9.17) is 0 Å². The lowest BCUT2D eigenvalue weighted by atomic mass is 9.97. The molecular weight excluding hydrogens is 288 g/mol. The van der Waals surface area contributed by atoms with Crippen molar-refractivity contribution in [3.05, 3.63) is 53.5 Å². The molecule has 0 saturated heterocycles. The molecule has 2 heterocycles. The Morgan fingerprint density at radius 3 is 3.00 bits per heavy atom. The van der Waals surface area contributed by atoms with Gasteiger partial charge in [0.05, 0.1) is 17.5 Å². The van der Waals surface area contributed by atoms with Crippen LogP contribution in [0.4, 0.5) is 0 Å². The van der Waals surface area contributed by atoms with Gasteiger partial charge in [0.2, 0.25) is 0 Å². The van der Waals surface area contributed by atoms with Crippen molar-refractivity contribution >= 4 is 5.91 Å². The Hall–Kier alpha value is -2.43. The van der Waals surface area contributed by atoms with Crippen molar-refractivity contribution in [3.63, 3.8) is 0 Å². The molecule has 0 spiro atoms. The monoisotopic (exact) mass is 310 g/mol. The van der Waals surface area contributed by atoms with E-state index in [9.17, 15) is 4.79 Å². The Bertz CT molecular complexity index is 703. The number of carbonyl (C=O) groups excluding carboxylic acids is 1. The summed E-state index contributed by atoms with van der Waals surface area (Å²) in [5.41, 5.74) is 2.88. The lowest BCUT2D eigenvalue weighted by Gasteiger charge is -2.12. The van der Waals surface area contributed by atoms with Gasteiger partial charge in [-0.25, -0.2) is 9.67 Å². The third kappa shape index (κ3) is 3.67. The molecule has 0 atom stereocenters. The van der Waals surface area contributed by atoms with Crippen LogP contribution in [0.15, 0.2) is 42.2 Å². The predicted molar refractivity (Wildman–Crippen MR) is 89.6 cm³/mol. The van der Waals surface area contributed by atoms with Gasteiger partial charge in [0.25, 0.3) is 5.91 Å². The second-order valence-electron chi connectivity index (χ2n) is 5.86. The van der Waals surface area contributed by atoms with Crippen LogP contribution in [0.5, 0.6) is 0 Å². The lowest BCUT2D eigenvalue weighted by Crippen LogP contribution is -2.25. The third-order valence-electron chi connectivity index (χ3n) is 4.24. The molecule has 0 unspecified atom stereocenters. The predicted octanol–water partition coefficient (Wildman–Crippen LogP) is 3.20. The van der Waals surface area contributed by atoms with Crippen molar-refractivity contribution in [2.45, 2.75) is 39.0 Å². The molecule has 5 nitrogen and oxygen atoms in total. The number of hydrogen-bond donors (Lipinski definition) is 1. The van der Waals surface area contributed by atoms with Gasteiger partial charge in [0.15, 0.2) is 5.82 Å². The average molecular weight is 310 g/mol. The number of nitrogens with one attached hydrogen (secondary N) is 1. The normalized spacial score (nSPS) is 14.4. The number of carbonyl (C=O) groups is 1. The van der Waals surface area contributed by atoms with E-state index in [-0.39, 0.29) is 5.91 Å². The second kappa shape index (κ2) is 7.22. The Balaban J connectivity index is 1.62. The van der Waals surface area contributed by atoms with Crippen LogP contribution in [-0.4, -0.2) is 27.2 Å². The molecule has 3 rings (SSSR count). The van der Waals surface area contributed by atoms with Gasteiger partial charge in [-0.2, -0.15) is 5.10 Å². The van der Waals surface area contributed by atoms with E-state index in [1.54, 1.807) is 17.1 Å². The summed E-state index contributed by atoms with van der Waals surface area (Å²) < 4.78 is 1.69. The van der Waals surface area contributed by atoms with Crippen molar-refractivity contribution in [1.29, 1.82) is 0 Å². The van der Waals surface area contributed by atoms with Gasteiger partial charge < -0.3 is 5.32 Å². The van der Waals surface area contributed by atoms with Crippen molar-refractivity contribution in [1.82, 2.24) is 20.1 Å². The molecule has 23 heavy (non-hydrogen) atoms. The maximum Gasteiger partial charge on any atom is 0.254 e. The van der Waals surface area contributed by atoms with Crippen LogP contribution in [-0.2, 0) is 0 Å². The van der Waals surface area contributed by atoms with E-state index in [2.05, 4.69) is 21.5 Å². The van der Waals surface area contributed by atoms with Crippen molar-refractivity contribution in [2.24, 2.45) is 0 Å². The van der Waals surface area contributed by atoms with Crippen LogP contribution < -0.4 is 5.32 Å². The fourth-order valence-electron chi connectivity index (χ4n) is 2.91. The van der Waals surface area contributed by atoms with Crippen LogP contribution >= 0.6 is 0 Å². The minimum atomic E-state index is -0.0684. The van der Waals surface area contributed by atoms with Crippen LogP contribution in [0.2, 0.25) is 0 Å².